The zero-order valence-electron chi connectivity index (χ0n) is 16.5. The van der Waals surface area contributed by atoms with Gasteiger partial charge < -0.3 is 9.32 Å². The third-order valence-electron chi connectivity index (χ3n) is 5.97. The fourth-order valence-corrected chi connectivity index (χ4v) is 4.54. The van der Waals surface area contributed by atoms with Crippen molar-refractivity contribution >= 4 is 17.5 Å². The minimum Gasteiger partial charge on any atom is -0.441 e. The van der Waals surface area contributed by atoms with E-state index in [1.54, 1.807) is 0 Å². The number of hydrogen-bond donors (Lipinski definition) is 0. The van der Waals surface area contributed by atoms with Gasteiger partial charge in [0.25, 0.3) is 0 Å². The smallest absolute Gasteiger partial charge is 0.226 e. The van der Waals surface area contributed by atoms with Gasteiger partial charge in [0.05, 0.1) is 5.69 Å². The molecule has 4 rings (SSSR count). The Kier molecular flexibility index (Phi) is 6.02. The van der Waals surface area contributed by atoms with Crippen molar-refractivity contribution < 1.29 is 9.21 Å². The number of nitrogens with zero attached hydrogens (tertiary/aromatic N) is 3. The van der Waals surface area contributed by atoms with Crippen LogP contribution in [0.15, 0.2) is 28.7 Å². The van der Waals surface area contributed by atoms with Crippen LogP contribution in [0.2, 0.25) is 5.02 Å². The predicted molar refractivity (Wildman–Crippen MR) is 110 cm³/mol. The second-order valence-corrected chi connectivity index (χ2v) is 8.36. The Morgan fingerprint density at radius 2 is 2.14 bits per heavy atom. The summed E-state index contributed by atoms with van der Waals surface area (Å²) in [6.45, 7) is 5.67. The third kappa shape index (κ3) is 4.41. The van der Waals surface area contributed by atoms with Gasteiger partial charge in [-0.15, -0.1) is 0 Å². The van der Waals surface area contributed by atoms with E-state index in [4.69, 9.17) is 21.0 Å². The van der Waals surface area contributed by atoms with E-state index < -0.39 is 0 Å². The normalized spacial score (nSPS) is 20.9. The molecule has 0 aliphatic carbocycles. The summed E-state index contributed by atoms with van der Waals surface area (Å²) >= 11 is 6.11. The second-order valence-electron chi connectivity index (χ2n) is 7.93. The highest BCUT2D eigenvalue weighted by molar-refractivity contribution is 6.30. The lowest BCUT2D eigenvalue weighted by molar-refractivity contribution is -0.127. The highest BCUT2D eigenvalue weighted by Crippen LogP contribution is 2.27. The molecule has 2 fully saturated rings. The molecule has 28 heavy (non-hydrogen) atoms. The first-order valence-electron chi connectivity index (χ1n) is 10.3. The molecular formula is C22H28ClN3O2. The molecule has 0 bridgehead atoms. The van der Waals surface area contributed by atoms with Crippen LogP contribution in [0.25, 0.3) is 11.5 Å². The van der Waals surface area contributed by atoms with Crippen LogP contribution in [0, 0.1) is 6.92 Å². The fraction of sp³-hybridized carbons (Fsp3) is 0.545. The van der Waals surface area contributed by atoms with Gasteiger partial charge in [-0.05, 0) is 57.4 Å². The van der Waals surface area contributed by atoms with Crippen LogP contribution < -0.4 is 0 Å². The van der Waals surface area contributed by atoms with Crippen molar-refractivity contribution in [2.24, 2.45) is 0 Å². The van der Waals surface area contributed by atoms with Gasteiger partial charge in [0.2, 0.25) is 11.8 Å². The van der Waals surface area contributed by atoms with Crippen molar-refractivity contribution in [3.05, 3.63) is 40.7 Å². The van der Waals surface area contributed by atoms with Crippen molar-refractivity contribution in [2.75, 3.05) is 19.6 Å². The van der Waals surface area contributed by atoms with E-state index in [2.05, 4.69) is 4.90 Å². The number of amides is 1. The Morgan fingerprint density at radius 3 is 2.93 bits per heavy atom. The Hall–Kier alpha value is -1.85. The zero-order valence-corrected chi connectivity index (χ0v) is 17.2. The molecule has 5 nitrogen and oxygen atoms in total. The number of rotatable bonds is 6. The summed E-state index contributed by atoms with van der Waals surface area (Å²) in [6, 6.07) is 8.13. The van der Waals surface area contributed by atoms with Crippen LogP contribution >= 0.6 is 11.6 Å². The third-order valence-corrected chi connectivity index (χ3v) is 6.20. The Morgan fingerprint density at radius 1 is 1.25 bits per heavy atom. The average molecular weight is 402 g/mol. The van der Waals surface area contributed by atoms with Gasteiger partial charge in [-0.2, -0.15) is 0 Å². The molecule has 0 N–H and O–H groups in total. The first-order valence-corrected chi connectivity index (χ1v) is 10.7. The standard InChI is InChI=1S/C22H28ClN3O2/c1-16-20(24-22(28-16)17-6-4-7-18(23)14-17)15-26-11-3-2-8-19(26)10-13-25-12-5-9-21(25)27/h4,6-7,14,19H,2-3,5,8-13,15H2,1H3. The van der Waals surface area contributed by atoms with E-state index in [9.17, 15) is 4.79 Å². The summed E-state index contributed by atoms with van der Waals surface area (Å²) < 4.78 is 5.94. The van der Waals surface area contributed by atoms with Crippen LogP contribution in [-0.2, 0) is 11.3 Å². The van der Waals surface area contributed by atoms with Crippen molar-refractivity contribution in [3.8, 4) is 11.5 Å². The maximum atomic E-state index is 11.9. The van der Waals surface area contributed by atoms with Gasteiger partial charge in [-0.1, -0.05) is 24.1 Å². The van der Waals surface area contributed by atoms with Gasteiger partial charge in [-0.3, -0.25) is 9.69 Å². The summed E-state index contributed by atoms with van der Waals surface area (Å²) in [7, 11) is 0. The minimum atomic E-state index is 0.320. The van der Waals surface area contributed by atoms with E-state index in [1.807, 2.05) is 36.1 Å². The first-order chi connectivity index (χ1) is 13.6. The zero-order chi connectivity index (χ0) is 19.5. The van der Waals surface area contributed by atoms with Gasteiger partial charge >= 0.3 is 0 Å². The number of carbonyl (C=O) groups excluding carboxylic acids is 1. The van der Waals surface area contributed by atoms with E-state index in [1.165, 1.54) is 19.3 Å². The van der Waals surface area contributed by atoms with Gasteiger partial charge in [-0.25, -0.2) is 4.98 Å². The summed E-state index contributed by atoms with van der Waals surface area (Å²) in [6.07, 6.45) is 6.46. The molecule has 1 atom stereocenters. The van der Waals surface area contributed by atoms with Crippen LogP contribution in [-0.4, -0.2) is 46.4 Å². The molecule has 0 saturated carbocycles. The number of aryl methyl sites for hydroxylation is 1. The van der Waals surface area contributed by atoms with Crippen LogP contribution in [0.5, 0.6) is 0 Å². The van der Waals surface area contributed by atoms with E-state index >= 15 is 0 Å². The molecule has 3 heterocycles. The predicted octanol–water partition coefficient (Wildman–Crippen LogP) is 4.67. The number of benzene rings is 1. The molecule has 2 aliphatic heterocycles. The van der Waals surface area contributed by atoms with Crippen molar-refractivity contribution in [1.82, 2.24) is 14.8 Å². The van der Waals surface area contributed by atoms with E-state index in [0.29, 0.717) is 22.9 Å². The number of aromatic nitrogens is 1. The average Bonchev–Trinajstić information content (AvgIpc) is 3.27. The van der Waals surface area contributed by atoms with Crippen LogP contribution in [0.3, 0.4) is 0 Å². The van der Waals surface area contributed by atoms with Crippen LogP contribution in [0.1, 0.15) is 50.0 Å². The second kappa shape index (κ2) is 8.66. The fourth-order valence-electron chi connectivity index (χ4n) is 4.35. The van der Waals surface area contributed by atoms with E-state index in [0.717, 1.165) is 62.5 Å². The highest BCUT2D eigenvalue weighted by Gasteiger charge is 2.27. The van der Waals surface area contributed by atoms with Gasteiger partial charge in [0.15, 0.2) is 0 Å². The minimum absolute atomic E-state index is 0.320. The molecule has 1 aromatic carbocycles. The molecule has 0 radical (unpaired) electrons. The molecule has 150 valence electrons. The lowest BCUT2D eigenvalue weighted by Gasteiger charge is -2.36. The molecule has 6 heteroatoms. The van der Waals surface area contributed by atoms with Crippen molar-refractivity contribution in [2.45, 2.75) is 58.0 Å². The summed E-state index contributed by atoms with van der Waals surface area (Å²) in [5, 5.41) is 0.683. The number of halogens is 1. The van der Waals surface area contributed by atoms with Crippen molar-refractivity contribution in [3.63, 3.8) is 0 Å². The SMILES string of the molecule is Cc1oc(-c2cccc(Cl)c2)nc1CN1CCCCC1CCN1CCCC1=O. The number of carbonyl (C=O) groups is 1. The maximum absolute atomic E-state index is 11.9. The number of likely N-dealkylation sites (tertiary alicyclic amines) is 2. The number of oxazole rings is 1. The Labute approximate surface area is 171 Å². The lowest BCUT2D eigenvalue weighted by atomic mass is 9.98. The van der Waals surface area contributed by atoms with Crippen molar-refractivity contribution in [1.29, 1.82) is 0 Å². The molecule has 1 aromatic heterocycles. The summed E-state index contributed by atoms with van der Waals surface area (Å²) in [5.74, 6) is 1.82. The lowest BCUT2D eigenvalue weighted by Crippen LogP contribution is -2.41. The number of piperidine rings is 1. The largest absolute Gasteiger partial charge is 0.441 e. The molecule has 2 aromatic rings. The molecule has 1 unspecified atom stereocenters. The molecule has 2 saturated heterocycles. The molecule has 1 amide bonds. The molecule has 2 aliphatic rings. The highest BCUT2D eigenvalue weighted by atomic mass is 35.5. The number of hydrogen-bond acceptors (Lipinski definition) is 4. The first kappa shape index (κ1) is 19.5. The van der Waals surface area contributed by atoms with Gasteiger partial charge in [0.1, 0.15) is 5.76 Å². The monoisotopic (exact) mass is 401 g/mol. The quantitative estimate of drug-likeness (QED) is 0.705. The molecular weight excluding hydrogens is 374 g/mol. The topological polar surface area (TPSA) is 49.6 Å². The Bertz CT molecular complexity index is 835. The summed E-state index contributed by atoms with van der Waals surface area (Å²) in [5.41, 5.74) is 1.91. The van der Waals surface area contributed by atoms with Gasteiger partial charge in [0, 0.05) is 42.7 Å². The molecule has 0 spiro atoms. The Balaban J connectivity index is 1.43. The van der Waals surface area contributed by atoms with E-state index in [-0.39, 0.29) is 0 Å². The maximum Gasteiger partial charge on any atom is 0.226 e. The summed E-state index contributed by atoms with van der Waals surface area (Å²) in [4.78, 5) is 21.2. The van der Waals surface area contributed by atoms with Crippen LogP contribution in [0.4, 0.5) is 0 Å².